The van der Waals surface area contributed by atoms with Crippen LogP contribution in [0.15, 0.2) is 35.5 Å². The minimum Gasteiger partial charge on any atom is -0.0836 e. The molecular weight excluding hydrogens is 228 g/mol. The molecular formula is C19H26. The number of fused-ring (bicyclic) bond motifs is 5. The Bertz CT molecular complexity index is 492. The van der Waals surface area contributed by atoms with Crippen molar-refractivity contribution >= 4 is 0 Å². The van der Waals surface area contributed by atoms with Crippen LogP contribution in [0.3, 0.4) is 0 Å². The second-order valence-electron chi connectivity index (χ2n) is 7.73. The van der Waals surface area contributed by atoms with Crippen LogP contribution in [-0.2, 0) is 0 Å². The monoisotopic (exact) mass is 254 g/mol. The summed E-state index contributed by atoms with van der Waals surface area (Å²) >= 11 is 0. The van der Waals surface area contributed by atoms with Gasteiger partial charge in [0.25, 0.3) is 0 Å². The first kappa shape index (κ1) is 12.0. The smallest absolute Gasteiger partial charge is 0.0275 e. The Balaban J connectivity index is 1.79. The molecule has 4 aliphatic rings. The first-order chi connectivity index (χ1) is 9.13. The lowest BCUT2D eigenvalue weighted by molar-refractivity contribution is 0.132. The SMILES string of the molecule is C[C@]12C=CCC=C1CC[C@@H]1C2=CC[C@]2(C)CCC[C@@H]12. The molecule has 0 aliphatic heterocycles. The molecule has 0 amide bonds. The van der Waals surface area contributed by atoms with E-state index in [1.807, 2.05) is 0 Å². The minimum atomic E-state index is 0.283. The molecule has 0 aromatic heterocycles. The molecule has 2 fully saturated rings. The average molecular weight is 254 g/mol. The van der Waals surface area contributed by atoms with Crippen molar-refractivity contribution in [2.75, 3.05) is 0 Å². The lowest BCUT2D eigenvalue weighted by atomic mass is 9.53. The van der Waals surface area contributed by atoms with Crippen LogP contribution in [0.2, 0.25) is 0 Å². The molecule has 4 atom stereocenters. The molecule has 0 radical (unpaired) electrons. The first-order valence-electron chi connectivity index (χ1n) is 8.21. The Labute approximate surface area is 117 Å². The van der Waals surface area contributed by atoms with Gasteiger partial charge in [-0.3, -0.25) is 0 Å². The molecule has 0 heteroatoms. The van der Waals surface area contributed by atoms with Crippen molar-refractivity contribution in [1.29, 1.82) is 0 Å². The van der Waals surface area contributed by atoms with Gasteiger partial charge in [-0.2, -0.15) is 0 Å². The van der Waals surface area contributed by atoms with E-state index in [0.717, 1.165) is 18.3 Å². The van der Waals surface area contributed by atoms with Crippen molar-refractivity contribution in [2.45, 2.75) is 58.8 Å². The summed E-state index contributed by atoms with van der Waals surface area (Å²) in [7, 11) is 0. The molecule has 0 saturated heterocycles. The van der Waals surface area contributed by atoms with E-state index in [1.54, 1.807) is 11.1 Å². The highest BCUT2D eigenvalue weighted by molar-refractivity contribution is 5.43. The third-order valence-electron chi connectivity index (χ3n) is 6.77. The zero-order chi connectivity index (χ0) is 13.1. The highest BCUT2D eigenvalue weighted by atomic mass is 14.6. The van der Waals surface area contributed by atoms with Gasteiger partial charge in [0, 0.05) is 5.41 Å². The molecule has 4 rings (SSSR count). The quantitative estimate of drug-likeness (QED) is 0.506. The summed E-state index contributed by atoms with van der Waals surface area (Å²) in [5, 5.41) is 0. The molecule has 0 aromatic carbocycles. The number of hydrogen-bond acceptors (Lipinski definition) is 0. The summed E-state index contributed by atoms with van der Waals surface area (Å²) in [6, 6.07) is 0. The Morgan fingerprint density at radius 3 is 2.95 bits per heavy atom. The number of rotatable bonds is 0. The van der Waals surface area contributed by atoms with Gasteiger partial charge in [0.15, 0.2) is 0 Å². The molecule has 0 aromatic rings. The van der Waals surface area contributed by atoms with Gasteiger partial charge in [-0.05, 0) is 62.7 Å². The van der Waals surface area contributed by atoms with Crippen molar-refractivity contribution in [2.24, 2.45) is 22.7 Å². The van der Waals surface area contributed by atoms with Crippen molar-refractivity contribution in [3.05, 3.63) is 35.5 Å². The van der Waals surface area contributed by atoms with Gasteiger partial charge in [-0.15, -0.1) is 0 Å². The summed E-state index contributed by atoms with van der Waals surface area (Å²) in [6.45, 7) is 5.03. The van der Waals surface area contributed by atoms with Gasteiger partial charge < -0.3 is 0 Å². The summed E-state index contributed by atoms with van der Waals surface area (Å²) < 4.78 is 0. The van der Waals surface area contributed by atoms with Crippen LogP contribution < -0.4 is 0 Å². The van der Waals surface area contributed by atoms with Gasteiger partial charge in [-0.1, -0.05) is 48.8 Å². The highest BCUT2D eigenvalue weighted by Crippen LogP contribution is 2.62. The molecule has 0 spiro atoms. The van der Waals surface area contributed by atoms with E-state index in [-0.39, 0.29) is 5.41 Å². The molecule has 19 heavy (non-hydrogen) atoms. The maximum absolute atomic E-state index is 2.65. The molecule has 0 N–H and O–H groups in total. The van der Waals surface area contributed by atoms with E-state index < -0.39 is 0 Å². The second-order valence-corrected chi connectivity index (χ2v) is 7.73. The second kappa shape index (κ2) is 3.87. The normalized spacial score (nSPS) is 47.9. The van der Waals surface area contributed by atoms with Gasteiger partial charge in [0.2, 0.25) is 0 Å². The molecule has 4 aliphatic carbocycles. The van der Waals surface area contributed by atoms with Crippen molar-refractivity contribution in [3.63, 3.8) is 0 Å². The van der Waals surface area contributed by atoms with Crippen LogP contribution in [0, 0.1) is 22.7 Å². The van der Waals surface area contributed by atoms with Crippen LogP contribution in [0.4, 0.5) is 0 Å². The number of allylic oxidation sites excluding steroid dienone is 6. The van der Waals surface area contributed by atoms with E-state index >= 15 is 0 Å². The Kier molecular flexibility index (Phi) is 2.44. The average Bonchev–Trinajstić information content (AvgIpc) is 2.79. The zero-order valence-corrected chi connectivity index (χ0v) is 12.4. The Morgan fingerprint density at radius 2 is 2.05 bits per heavy atom. The molecule has 0 heterocycles. The van der Waals surface area contributed by atoms with Gasteiger partial charge in [-0.25, -0.2) is 0 Å². The predicted molar refractivity (Wildman–Crippen MR) is 80.8 cm³/mol. The van der Waals surface area contributed by atoms with E-state index in [1.165, 1.54) is 38.5 Å². The first-order valence-corrected chi connectivity index (χ1v) is 8.21. The van der Waals surface area contributed by atoms with Crippen molar-refractivity contribution < 1.29 is 0 Å². The predicted octanol–water partition coefficient (Wildman–Crippen LogP) is 5.43. The highest BCUT2D eigenvalue weighted by Gasteiger charge is 2.51. The zero-order valence-electron chi connectivity index (χ0n) is 12.4. The van der Waals surface area contributed by atoms with E-state index in [0.29, 0.717) is 5.41 Å². The van der Waals surface area contributed by atoms with Crippen LogP contribution in [0.1, 0.15) is 58.8 Å². The van der Waals surface area contributed by atoms with Crippen molar-refractivity contribution in [3.8, 4) is 0 Å². The van der Waals surface area contributed by atoms with Crippen molar-refractivity contribution in [1.82, 2.24) is 0 Å². The fourth-order valence-electron chi connectivity index (χ4n) is 5.65. The summed E-state index contributed by atoms with van der Waals surface area (Å²) in [4.78, 5) is 0. The van der Waals surface area contributed by atoms with E-state index in [9.17, 15) is 0 Å². The molecule has 0 bridgehead atoms. The van der Waals surface area contributed by atoms with Crippen LogP contribution >= 0.6 is 0 Å². The largest absolute Gasteiger partial charge is 0.0836 e. The summed E-state index contributed by atoms with van der Waals surface area (Å²) in [5.41, 5.74) is 4.40. The fourth-order valence-corrected chi connectivity index (χ4v) is 5.65. The van der Waals surface area contributed by atoms with Gasteiger partial charge >= 0.3 is 0 Å². The maximum atomic E-state index is 2.65. The molecule has 0 nitrogen and oxygen atoms in total. The van der Waals surface area contributed by atoms with Gasteiger partial charge in [0.05, 0.1) is 0 Å². The van der Waals surface area contributed by atoms with E-state index in [2.05, 4.69) is 38.2 Å². The summed E-state index contributed by atoms with van der Waals surface area (Å²) in [6.07, 6.45) is 19.7. The third kappa shape index (κ3) is 1.52. The minimum absolute atomic E-state index is 0.283. The van der Waals surface area contributed by atoms with Gasteiger partial charge in [0.1, 0.15) is 0 Å². The lowest BCUT2D eigenvalue weighted by Gasteiger charge is -2.51. The van der Waals surface area contributed by atoms with E-state index in [4.69, 9.17) is 0 Å². The Hall–Kier alpha value is -0.780. The van der Waals surface area contributed by atoms with Crippen LogP contribution in [0.5, 0.6) is 0 Å². The molecule has 102 valence electrons. The Morgan fingerprint density at radius 1 is 1.16 bits per heavy atom. The number of hydrogen-bond donors (Lipinski definition) is 0. The molecule has 0 unspecified atom stereocenters. The standard InChI is InChI=1S/C19H26/c1-18-11-5-7-16(18)15-9-8-14-6-3-4-12-19(14,2)17(15)10-13-18/h4,6,10,12,15-16H,3,5,7-9,11,13H2,1-2H3/t15-,16-,18-,19-/m0/s1. The third-order valence-corrected chi connectivity index (χ3v) is 6.77. The lowest BCUT2D eigenvalue weighted by Crippen LogP contribution is -2.41. The summed E-state index contributed by atoms with van der Waals surface area (Å²) in [5.74, 6) is 1.85. The topological polar surface area (TPSA) is 0 Å². The maximum Gasteiger partial charge on any atom is 0.0275 e. The fraction of sp³-hybridized carbons (Fsp3) is 0.684. The molecule has 2 saturated carbocycles. The van der Waals surface area contributed by atoms with Crippen LogP contribution in [-0.4, -0.2) is 0 Å². The van der Waals surface area contributed by atoms with Crippen LogP contribution in [0.25, 0.3) is 0 Å².